The van der Waals surface area contributed by atoms with E-state index >= 15 is 0 Å². The predicted octanol–water partition coefficient (Wildman–Crippen LogP) is 5.34. The number of amides is 1. The summed E-state index contributed by atoms with van der Waals surface area (Å²) >= 11 is 3.14. The molecule has 0 bridgehead atoms. The minimum atomic E-state index is -0.582. The normalized spacial score (nSPS) is 10.8. The molecule has 0 unspecified atom stereocenters. The summed E-state index contributed by atoms with van der Waals surface area (Å²) in [5.74, 6) is -0.0785. The number of anilines is 1. The summed E-state index contributed by atoms with van der Waals surface area (Å²) in [5.41, 5.74) is 2.79. The van der Waals surface area contributed by atoms with Gasteiger partial charge in [0.2, 0.25) is 0 Å². The van der Waals surface area contributed by atoms with Crippen molar-refractivity contribution in [3.63, 3.8) is 0 Å². The third kappa shape index (κ3) is 4.77. The number of aromatic nitrogens is 1. The number of thioether (sulfide) groups is 1. The lowest BCUT2D eigenvalue weighted by atomic mass is 10.1. The monoisotopic (exact) mass is 466 g/mol. The molecule has 162 valence electrons. The highest BCUT2D eigenvalue weighted by molar-refractivity contribution is 8.00. The lowest BCUT2D eigenvalue weighted by Gasteiger charge is -2.09. The predicted molar refractivity (Wildman–Crippen MR) is 125 cm³/mol. The standard InChI is InChI=1S/C23H19FN4O2S2/c1-14-12-31-23(28-14)32-13-17-15-5-2-3-8-20(15)30-21(17)22(29)27-10-9-26-19-7-4-6-18(24)16(19)11-25/h2-8,12,26H,9-10,13H2,1H3,(H,27,29). The summed E-state index contributed by atoms with van der Waals surface area (Å²) in [5, 5.41) is 17.8. The number of nitrogens with zero attached hydrogens (tertiary/aromatic N) is 2. The average Bonchev–Trinajstić information content (AvgIpc) is 3.38. The van der Waals surface area contributed by atoms with Crippen LogP contribution in [0.5, 0.6) is 0 Å². The van der Waals surface area contributed by atoms with Crippen LogP contribution in [0.25, 0.3) is 11.0 Å². The molecule has 0 saturated carbocycles. The van der Waals surface area contributed by atoms with Crippen molar-refractivity contribution in [2.24, 2.45) is 0 Å². The molecule has 0 aliphatic heterocycles. The zero-order chi connectivity index (χ0) is 22.5. The maximum Gasteiger partial charge on any atom is 0.287 e. The number of para-hydroxylation sites is 1. The van der Waals surface area contributed by atoms with Crippen molar-refractivity contribution < 1.29 is 13.6 Å². The molecular formula is C23H19FN4O2S2. The van der Waals surface area contributed by atoms with Crippen LogP contribution in [0.1, 0.15) is 27.4 Å². The number of carbonyl (C=O) groups is 1. The van der Waals surface area contributed by atoms with Crippen molar-refractivity contribution in [3.05, 3.63) is 76.2 Å². The van der Waals surface area contributed by atoms with Gasteiger partial charge in [-0.05, 0) is 25.1 Å². The van der Waals surface area contributed by atoms with Crippen molar-refractivity contribution in [3.8, 4) is 6.07 Å². The van der Waals surface area contributed by atoms with Gasteiger partial charge in [-0.1, -0.05) is 36.0 Å². The Morgan fingerprint density at radius 3 is 2.88 bits per heavy atom. The SMILES string of the molecule is Cc1csc(SCc2c(C(=O)NCCNc3cccc(F)c3C#N)oc3ccccc23)n1. The third-order valence-corrected chi connectivity index (χ3v) is 6.86. The van der Waals surface area contributed by atoms with Gasteiger partial charge in [0.05, 0.1) is 5.69 Å². The first-order valence-corrected chi connectivity index (χ1v) is 11.7. The minimum absolute atomic E-state index is 0.0483. The number of hydrogen-bond acceptors (Lipinski definition) is 7. The van der Waals surface area contributed by atoms with Crippen LogP contribution >= 0.6 is 23.1 Å². The number of furan rings is 1. The van der Waals surface area contributed by atoms with Crippen LogP contribution in [0, 0.1) is 24.1 Å². The molecule has 32 heavy (non-hydrogen) atoms. The van der Waals surface area contributed by atoms with Gasteiger partial charge in [0.1, 0.15) is 27.4 Å². The number of carbonyl (C=O) groups excluding carboxylic acids is 1. The van der Waals surface area contributed by atoms with E-state index in [2.05, 4.69) is 15.6 Å². The fraction of sp³-hybridized carbons (Fsp3) is 0.174. The zero-order valence-electron chi connectivity index (χ0n) is 17.1. The van der Waals surface area contributed by atoms with Crippen molar-refractivity contribution >= 4 is 45.7 Å². The van der Waals surface area contributed by atoms with Gasteiger partial charge in [0.25, 0.3) is 5.91 Å². The summed E-state index contributed by atoms with van der Waals surface area (Å²) in [6.07, 6.45) is 0. The third-order valence-electron chi connectivity index (χ3n) is 4.69. The lowest BCUT2D eigenvalue weighted by Crippen LogP contribution is -2.29. The summed E-state index contributed by atoms with van der Waals surface area (Å²) in [6.45, 7) is 2.55. The number of thiazole rings is 1. The van der Waals surface area contributed by atoms with Crippen LogP contribution in [0.4, 0.5) is 10.1 Å². The first kappa shape index (κ1) is 21.9. The number of hydrogen-bond donors (Lipinski definition) is 2. The highest BCUT2D eigenvalue weighted by atomic mass is 32.2. The molecule has 2 aromatic carbocycles. The molecular weight excluding hydrogens is 447 g/mol. The largest absolute Gasteiger partial charge is 0.451 e. The molecule has 0 saturated heterocycles. The number of nitriles is 1. The van der Waals surface area contributed by atoms with Crippen LogP contribution in [0.15, 0.2) is 56.6 Å². The van der Waals surface area contributed by atoms with Gasteiger partial charge in [-0.2, -0.15) is 5.26 Å². The Morgan fingerprint density at radius 1 is 1.25 bits per heavy atom. The van der Waals surface area contributed by atoms with E-state index in [1.807, 2.05) is 42.6 Å². The highest BCUT2D eigenvalue weighted by Crippen LogP contribution is 2.33. The van der Waals surface area contributed by atoms with E-state index in [4.69, 9.17) is 9.68 Å². The van der Waals surface area contributed by atoms with Crippen LogP contribution in [0.2, 0.25) is 0 Å². The van der Waals surface area contributed by atoms with Gasteiger partial charge in [-0.3, -0.25) is 4.79 Å². The molecule has 4 rings (SSSR count). The van der Waals surface area contributed by atoms with Crippen molar-refractivity contribution in [2.45, 2.75) is 17.0 Å². The molecule has 0 fully saturated rings. The van der Waals surface area contributed by atoms with E-state index in [0.29, 0.717) is 23.6 Å². The van der Waals surface area contributed by atoms with Gasteiger partial charge in [0, 0.05) is 40.9 Å². The van der Waals surface area contributed by atoms with Crippen LogP contribution in [0.3, 0.4) is 0 Å². The van der Waals surface area contributed by atoms with E-state index in [1.54, 1.807) is 29.2 Å². The number of halogens is 1. The fourth-order valence-corrected chi connectivity index (χ4v) is 5.07. The molecule has 1 amide bonds. The molecule has 2 N–H and O–H groups in total. The molecule has 0 aliphatic carbocycles. The van der Waals surface area contributed by atoms with E-state index in [-0.39, 0.29) is 23.8 Å². The van der Waals surface area contributed by atoms with E-state index in [0.717, 1.165) is 21.0 Å². The molecule has 0 radical (unpaired) electrons. The van der Waals surface area contributed by atoms with Crippen molar-refractivity contribution in [1.82, 2.24) is 10.3 Å². The second-order valence-electron chi connectivity index (χ2n) is 6.91. The van der Waals surface area contributed by atoms with Crippen LogP contribution in [-0.2, 0) is 5.75 Å². The quantitative estimate of drug-likeness (QED) is 0.269. The van der Waals surface area contributed by atoms with Gasteiger partial charge < -0.3 is 15.1 Å². The summed E-state index contributed by atoms with van der Waals surface area (Å²) in [6, 6.07) is 13.8. The smallest absolute Gasteiger partial charge is 0.287 e. The maximum absolute atomic E-state index is 13.7. The zero-order valence-corrected chi connectivity index (χ0v) is 18.8. The van der Waals surface area contributed by atoms with E-state index in [9.17, 15) is 9.18 Å². The molecule has 0 aliphatic rings. The van der Waals surface area contributed by atoms with E-state index in [1.165, 1.54) is 12.1 Å². The first-order chi connectivity index (χ1) is 15.6. The van der Waals surface area contributed by atoms with Gasteiger partial charge >= 0.3 is 0 Å². The van der Waals surface area contributed by atoms with Crippen LogP contribution in [-0.4, -0.2) is 24.0 Å². The van der Waals surface area contributed by atoms with Gasteiger partial charge in [0.15, 0.2) is 5.76 Å². The molecule has 9 heteroatoms. The molecule has 0 spiro atoms. The van der Waals surface area contributed by atoms with Crippen LogP contribution < -0.4 is 10.6 Å². The molecule has 0 atom stereocenters. The Hall–Kier alpha value is -3.35. The summed E-state index contributed by atoms with van der Waals surface area (Å²) < 4.78 is 20.5. The van der Waals surface area contributed by atoms with Crippen molar-refractivity contribution in [2.75, 3.05) is 18.4 Å². The maximum atomic E-state index is 13.7. The fourth-order valence-electron chi connectivity index (χ4n) is 3.20. The summed E-state index contributed by atoms with van der Waals surface area (Å²) in [4.78, 5) is 17.3. The number of nitrogens with one attached hydrogen (secondary N) is 2. The second-order valence-corrected chi connectivity index (χ2v) is 8.99. The molecule has 6 nitrogen and oxygen atoms in total. The number of fused-ring (bicyclic) bond motifs is 1. The average molecular weight is 467 g/mol. The number of rotatable bonds is 8. The molecule has 2 aromatic heterocycles. The Morgan fingerprint density at radius 2 is 2.09 bits per heavy atom. The molecule has 4 aromatic rings. The van der Waals surface area contributed by atoms with Gasteiger partial charge in [-0.15, -0.1) is 11.3 Å². The number of benzene rings is 2. The second kappa shape index (κ2) is 9.85. The lowest BCUT2D eigenvalue weighted by molar-refractivity contribution is 0.0928. The van der Waals surface area contributed by atoms with Gasteiger partial charge in [-0.25, -0.2) is 9.37 Å². The van der Waals surface area contributed by atoms with E-state index < -0.39 is 5.82 Å². The van der Waals surface area contributed by atoms with Crippen molar-refractivity contribution in [1.29, 1.82) is 5.26 Å². The Bertz CT molecular complexity index is 1310. The Balaban J connectivity index is 1.44. The summed E-state index contributed by atoms with van der Waals surface area (Å²) in [7, 11) is 0. The minimum Gasteiger partial charge on any atom is -0.451 e. The highest BCUT2D eigenvalue weighted by Gasteiger charge is 2.20. The number of aryl methyl sites for hydroxylation is 1. The Labute approximate surface area is 192 Å². The molecule has 2 heterocycles. The first-order valence-electron chi connectivity index (χ1n) is 9.83. The Kier molecular flexibility index (Phi) is 6.73. The topological polar surface area (TPSA) is 91.0 Å².